The van der Waals surface area contributed by atoms with Gasteiger partial charge in [0.05, 0.1) is 12.7 Å². The van der Waals surface area contributed by atoms with Crippen LogP contribution in [0.3, 0.4) is 0 Å². The Hall–Kier alpha value is -1.03. The zero-order chi connectivity index (χ0) is 11.8. The Morgan fingerprint density at radius 1 is 1.56 bits per heavy atom. The first-order chi connectivity index (χ1) is 7.77. The van der Waals surface area contributed by atoms with E-state index in [-0.39, 0.29) is 12.2 Å². The fourth-order valence-corrected chi connectivity index (χ4v) is 1.73. The molecule has 1 amide bonds. The van der Waals surface area contributed by atoms with Gasteiger partial charge in [-0.15, -0.1) is 0 Å². The topological polar surface area (TPSA) is 47.6 Å². The molecule has 1 N–H and O–H groups in total. The molecule has 1 unspecified atom stereocenters. The van der Waals surface area contributed by atoms with Gasteiger partial charge in [-0.05, 0) is 12.8 Å². The highest BCUT2D eigenvalue weighted by Crippen LogP contribution is 2.14. The number of hydrogen-bond acceptors (Lipinski definition) is 3. The summed E-state index contributed by atoms with van der Waals surface area (Å²) in [4.78, 5) is 11.2. The minimum absolute atomic E-state index is 0.0481. The number of unbranched alkanes of at least 4 members (excludes halogenated alkanes) is 3. The summed E-state index contributed by atoms with van der Waals surface area (Å²) in [6.07, 6.45) is 6.88. The summed E-state index contributed by atoms with van der Waals surface area (Å²) in [5.74, 6) is 0. The minimum atomic E-state index is -0.374. The monoisotopic (exact) mass is 227 g/mol. The lowest BCUT2D eigenvalue weighted by molar-refractivity contribution is 0.106. The Kier molecular flexibility index (Phi) is 5.93. The number of carbonyl (C=O) groups is 1. The maximum Gasteiger partial charge on any atom is 0.411 e. The Morgan fingerprint density at radius 3 is 3.06 bits per heavy atom. The molecule has 1 rings (SSSR count). The largest absolute Gasteiger partial charge is 0.449 e. The molecule has 0 saturated carbocycles. The molecule has 4 nitrogen and oxygen atoms in total. The highest BCUT2D eigenvalue weighted by atomic mass is 16.6. The van der Waals surface area contributed by atoms with E-state index in [0.29, 0.717) is 6.61 Å². The van der Waals surface area contributed by atoms with Gasteiger partial charge in [0.15, 0.2) is 0 Å². The first-order valence-electron chi connectivity index (χ1n) is 5.94. The number of hydrogen-bond donors (Lipinski definition) is 1. The zero-order valence-corrected chi connectivity index (χ0v) is 10.1. The molecule has 1 heterocycles. The van der Waals surface area contributed by atoms with Crippen LogP contribution in [0.4, 0.5) is 4.79 Å². The van der Waals surface area contributed by atoms with Crippen molar-refractivity contribution in [2.45, 2.75) is 45.1 Å². The maximum absolute atomic E-state index is 11.2. The van der Waals surface area contributed by atoms with Crippen molar-refractivity contribution in [1.29, 1.82) is 0 Å². The van der Waals surface area contributed by atoms with Crippen molar-refractivity contribution in [2.24, 2.45) is 0 Å². The lowest BCUT2D eigenvalue weighted by Crippen LogP contribution is -2.27. The molecule has 16 heavy (non-hydrogen) atoms. The number of amides is 1. The van der Waals surface area contributed by atoms with Crippen molar-refractivity contribution in [3.63, 3.8) is 0 Å². The van der Waals surface area contributed by atoms with E-state index in [4.69, 9.17) is 9.47 Å². The minimum Gasteiger partial charge on any atom is -0.449 e. The van der Waals surface area contributed by atoms with Gasteiger partial charge < -0.3 is 9.47 Å². The molecule has 92 valence electrons. The average molecular weight is 227 g/mol. The van der Waals surface area contributed by atoms with Crippen LogP contribution in [0.25, 0.3) is 0 Å². The molecule has 0 aromatic carbocycles. The molecule has 0 aliphatic carbocycles. The number of rotatable bonds is 5. The van der Waals surface area contributed by atoms with Gasteiger partial charge >= 0.3 is 6.09 Å². The second kappa shape index (κ2) is 7.28. The van der Waals surface area contributed by atoms with Crippen LogP contribution in [0.15, 0.2) is 11.8 Å². The third-order valence-electron chi connectivity index (χ3n) is 2.66. The summed E-state index contributed by atoms with van der Waals surface area (Å²) in [5, 5.41) is 2.73. The van der Waals surface area contributed by atoms with Gasteiger partial charge in [-0.1, -0.05) is 25.8 Å². The van der Waals surface area contributed by atoms with Crippen LogP contribution >= 0.6 is 0 Å². The quantitative estimate of drug-likeness (QED) is 0.734. The first-order valence-corrected chi connectivity index (χ1v) is 5.94. The van der Waals surface area contributed by atoms with E-state index in [1.165, 1.54) is 12.8 Å². The summed E-state index contributed by atoms with van der Waals surface area (Å²) in [6.45, 7) is 2.59. The van der Waals surface area contributed by atoms with E-state index in [1.807, 2.05) is 0 Å². The first kappa shape index (κ1) is 13.0. The number of carbonyl (C=O) groups excluding carboxylic acids is 1. The van der Waals surface area contributed by atoms with Gasteiger partial charge in [-0.2, -0.15) is 0 Å². The summed E-state index contributed by atoms with van der Waals surface area (Å²) in [6, 6.07) is 0. The highest BCUT2D eigenvalue weighted by molar-refractivity contribution is 5.70. The van der Waals surface area contributed by atoms with E-state index >= 15 is 0 Å². The van der Waals surface area contributed by atoms with Crippen LogP contribution in [0.2, 0.25) is 0 Å². The molecule has 0 spiro atoms. The van der Waals surface area contributed by atoms with Gasteiger partial charge in [0.25, 0.3) is 0 Å². The fraction of sp³-hybridized carbons (Fsp3) is 0.750. The van der Waals surface area contributed by atoms with Crippen molar-refractivity contribution in [1.82, 2.24) is 5.32 Å². The number of ether oxygens (including phenoxy) is 2. The molecular formula is C12H21NO3. The molecule has 1 atom stereocenters. The number of methoxy groups -OCH3 is 1. The molecule has 1 saturated heterocycles. The predicted molar refractivity (Wildman–Crippen MR) is 62.1 cm³/mol. The van der Waals surface area contributed by atoms with Gasteiger partial charge in [-0.3, -0.25) is 5.32 Å². The molecule has 0 bridgehead atoms. The molecule has 0 aromatic heterocycles. The molecule has 0 radical (unpaired) electrons. The SMILES string of the molecule is CCCCC/C=C1/NC(=O)OCCC1OC. The Labute approximate surface area is 97.0 Å². The van der Waals surface area contributed by atoms with E-state index in [0.717, 1.165) is 25.0 Å². The van der Waals surface area contributed by atoms with Gasteiger partial charge in [0, 0.05) is 19.2 Å². The van der Waals surface area contributed by atoms with Crippen LogP contribution in [0.5, 0.6) is 0 Å². The fourth-order valence-electron chi connectivity index (χ4n) is 1.73. The van der Waals surface area contributed by atoms with E-state index in [9.17, 15) is 4.79 Å². The maximum atomic E-state index is 11.2. The third kappa shape index (κ3) is 4.23. The number of allylic oxidation sites excluding steroid dienone is 1. The van der Waals surface area contributed by atoms with Crippen LogP contribution in [-0.4, -0.2) is 25.9 Å². The summed E-state index contributed by atoms with van der Waals surface area (Å²) in [7, 11) is 1.65. The lowest BCUT2D eigenvalue weighted by Gasteiger charge is -2.14. The van der Waals surface area contributed by atoms with Crippen molar-refractivity contribution in [3.05, 3.63) is 11.8 Å². The molecule has 1 aliphatic rings. The molecule has 4 heteroatoms. The van der Waals surface area contributed by atoms with Crippen molar-refractivity contribution in [3.8, 4) is 0 Å². The normalized spacial score (nSPS) is 23.8. The second-order valence-corrected chi connectivity index (χ2v) is 3.93. The standard InChI is InChI=1S/C12H21NO3/c1-3-4-5-6-7-10-11(15-2)8-9-16-12(14)13-10/h7,11H,3-6,8-9H2,1-2H3,(H,13,14)/b10-7+. The Bertz CT molecular complexity index is 251. The van der Waals surface area contributed by atoms with Crippen molar-refractivity contribution in [2.75, 3.05) is 13.7 Å². The van der Waals surface area contributed by atoms with E-state index < -0.39 is 0 Å². The van der Waals surface area contributed by atoms with Gasteiger partial charge in [-0.25, -0.2) is 4.79 Å². The van der Waals surface area contributed by atoms with E-state index in [1.54, 1.807) is 7.11 Å². The highest BCUT2D eigenvalue weighted by Gasteiger charge is 2.20. The smallest absolute Gasteiger partial charge is 0.411 e. The number of alkyl carbamates (subject to hydrolysis) is 1. The van der Waals surface area contributed by atoms with E-state index in [2.05, 4.69) is 18.3 Å². The van der Waals surface area contributed by atoms with Crippen molar-refractivity contribution < 1.29 is 14.3 Å². The summed E-state index contributed by atoms with van der Waals surface area (Å²) in [5.41, 5.74) is 0.848. The average Bonchev–Trinajstić information content (AvgIpc) is 2.46. The second-order valence-electron chi connectivity index (χ2n) is 3.93. The van der Waals surface area contributed by atoms with Crippen LogP contribution in [0.1, 0.15) is 39.0 Å². The third-order valence-corrected chi connectivity index (χ3v) is 2.66. The predicted octanol–water partition coefficient (Wildman–Crippen LogP) is 2.60. The summed E-state index contributed by atoms with van der Waals surface area (Å²) < 4.78 is 10.2. The molecule has 1 fully saturated rings. The zero-order valence-electron chi connectivity index (χ0n) is 10.1. The summed E-state index contributed by atoms with van der Waals surface area (Å²) >= 11 is 0. The Balaban J connectivity index is 2.52. The molecular weight excluding hydrogens is 206 g/mol. The van der Waals surface area contributed by atoms with Crippen LogP contribution < -0.4 is 5.32 Å². The van der Waals surface area contributed by atoms with Crippen LogP contribution in [0, 0.1) is 0 Å². The number of nitrogens with one attached hydrogen (secondary N) is 1. The lowest BCUT2D eigenvalue weighted by atomic mass is 10.1. The van der Waals surface area contributed by atoms with Crippen LogP contribution in [-0.2, 0) is 9.47 Å². The Morgan fingerprint density at radius 2 is 2.38 bits per heavy atom. The van der Waals surface area contributed by atoms with Crippen molar-refractivity contribution >= 4 is 6.09 Å². The molecule has 1 aliphatic heterocycles. The van der Waals surface area contributed by atoms with Gasteiger partial charge in [0.1, 0.15) is 0 Å². The molecule has 0 aromatic rings. The number of cyclic esters (lactones) is 1. The van der Waals surface area contributed by atoms with Gasteiger partial charge in [0.2, 0.25) is 0 Å².